The van der Waals surface area contributed by atoms with E-state index in [-0.39, 0.29) is 29.9 Å². The monoisotopic (exact) mass is 586 g/mol. The summed E-state index contributed by atoms with van der Waals surface area (Å²) < 4.78 is 60.6. The van der Waals surface area contributed by atoms with E-state index in [1.54, 1.807) is 37.5 Å². The van der Waals surface area contributed by atoms with Gasteiger partial charge in [0.05, 0.1) is 38.1 Å². The van der Waals surface area contributed by atoms with Crippen molar-refractivity contribution in [2.45, 2.75) is 26.1 Å². The number of nitrogens with zero attached hydrogens (tertiary/aromatic N) is 2. The maximum absolute atomic E-state index is 15.2. The highest BCUT2D eigenvalue weighted by Gasteiger charge is 2.55. The molecule has 0 aliphatic carbocycles. The van der Waals surface area contributed by atoms with Gasteiger partial charge in [0.1, 0.15) is 0 Å². The van der Waals surface area contributed by atoms with Crippen molar-refractivity contribution in [2.75, 3.05) is 20.3 Å². The molecule has 0 fully saturated rings. The molecule has 0 saturated heterocycles. The molecular formula is C24H26BrF2N2O6P. The number of benzene rings is 2. The molecule has 0 spiro atoms. The van der Waals surface area contributed by atoms with Gasteiger partial charge < -0.3 is 18.4 Å². The zero-order valence-corrected chi connectivity index (χ0v) is 22.6. The zero-order chi connectivity index (χ0) is 26.7. The molecule has 2 aromatic carbocycles. The van der Waals surface area contributed by atoms with E-state index >= 15 is 8.78 Å². The van der Waals surface area contributed by atoms with Crippen molar-refractivity contribution in [3.05, 3.63) is 80.3 Å². The van der Waals surface area contributed by atoms with Crippen molar-refractivity contribution in [3.8, 4) is 11.3 Å². The molecule has 0 aliphatic rings. The summed E-state index contributed by atoms with van der Waals surface area (Å²) in [6.45, 7) is 2.58. The van der Waals surface area contributed by atoms with Crippen LogP contribution in [0.25, 0.3) is 11.3 Å². The van der Waals surface area contributed by atoms with Crippen molar-refractivity contribution in [1.29, 1.82) is 0 Å². The SMILES string of the molecule is CCOP(=O)(OCC)C(F)(F)c1ccc(Cn2c(-c3ccc(C(=O)OC)cc3)cn(C)c2=O)cc1Br. The number of imidazole rings is 1. The van der Waals surface area contributed by atoms with Gasteiger partial charge in [0.15, 0.2) is 0 Å². The molecule has 3 rings (SSSR count). The largest absolute Gasteiger partial charge is 0.465 e. The first-order chi connectivity index (χ1) is 17.0. The van der Waals surface area contributed by atoms with Crippen LogP contribution in [0, 0.1) is 0 Å². The Morgan fingerprint density at radius 1 is 1.08 bits per heavy atom. The molecule has 0 radical (unpaired) electrons. The van der Waals surface area contributed by atoms with Gasteiger partial charge in [0.25, 0.3) is 0 Å². The number of carbonyl (C=O) groups is 1. The fraction of sp³-hybridized carbons (Fsp3) is 0.333. The number of aryl methyl sites for hydroxylation is 1. The molecule has 3 aromatic rings. The van der Waals surface area contributed by atoms with E-state index in [2.05, 4.69) is 15.9 Å². The number of ether oxygens (including phenoxy) is 1. The van der Waals surface area contributed by atoms with Gasteiger partial charge in [-0.15, -0.1) is 0 Å². The van der Waals surface area contributed by atoms with Crippen LogP contribution in [-0.2, 0) is 37.6 Å². The van der Waals surface area contributed by atoms with Crippen LogP contribution < -0.4 is 5.69 Å². The number of carbonyl (C=O) groups excluding carboxylic acids is 1. The summed E-state index contributed by atoms with van der Waals surface area (Å²) in [5.41, 5.74) is -2.60. The average Bonchev–Trinajstić information content (AvgIpc) is 3.12. The smallest absolute Gasteiger partial charge is 0.404 e. The van der Waals surface area contributed by atoms with Gasteiger partial charge in [-0.25, -0.2) is 9.59 Å². The average molecular weight is 587 g/mol. The molecule has 0 bridgehead atoms. The molecule has 0 saturated carbocycles. The lowest BCUT2D eigenvalue weighted by Crippen LogP contribution is -2.23. The summed E-state index contributed by atoms with van der Waals surface area (Å²) in [5.74, 6) is -0.480. The van der Waals surface area contributed by atoms with Gasteiger partial charge in [0.2, 0.25) is 0 Å². The van der Waals surface area contributed by atoms with E-state index in [4.69, 9.17) is 13.8 Å². The maximum Gasteiger partial charge on any atom is 0.404 e. The molecule has 0 N–H and O–H groups in total. The standard InChI is InChI=1S/C24H26BrF2N2O6P/c1-5-34-36(32,35-6-2)24(26,27)19-12-7-16(13-20(19)25)14-29-21(15-28(3)23(29)31)17-8-10-18(11-9-17)22(30)33-4/h7-13,15H,5-6,14H2,1-4H3. The number of halogens is 3. The first kappa shape index (κ1) is 28.0. The third kappa shape index (κ3) is 5.39. The van der Waals surface area contributed by atoms with Gasteiger partial charge in [-0.05, 0) is 43.2 Å². The van der Waals surface area contributed by atoms with Crippen LogP contribution in [0.4, 0.5) is 8.78 Å². The third-order valence-electron chi connectivity index (χ3n) is 5.38. The number of hydrogen-bond acceptors (Lipinski definition) is 6. The Balaban J connectivity index is 1.97. The lowest BCUT2D eigenvalue weighted by molar-refractivity contribution is 0.0354. The first-order valence-electron chi connectivity index (χ1n) is 11.0. The summed E-state index contributed by atoms with van der Waals surface area (Å²) in [6.07, 6.45) is 1.65. The summed E-state index contributed by atoms with van der Waals surface area (Å²) in [4.78, 5) is 24.5. The lowest BCUT2D eigenvalue weighted by atomic mass is 10.1. The highest BCUT2D eigenvalue weighted by atomic mass is 79.9. The van der Waals surface area contributed by atoms with Crippen LogP contribution in [0.15, 0.2) is 57.9 Å². The van der Waals surface area contributed by atoms with Crippen LogP contribution in [0.1, 0.15) is 35.3 Å². The molecule has 194 valence electrons. The second-order valence-electron chi connectivity index (χ2n) is 7.75. The van der Waals surface area contributed by atoms with Crippen molar-refractivity contribution in [3.63, 3.8) is 0 Å². The van der Waals surface area contributed by atoms with Crippen LogP contribution >= 0.6 is 23.5 Å². The van der Waals surface area contributed by atoms with E-state index in [0.717, 1.165) is 6.07 Å². The Hall–Kier alpha value is -2.59. The summed E-state index contributed by atoms with van der Waals surface area (Å²) >= 11 is 3.16. The van der Waals surface area contributed by atoms with E-state index < -0.39 is 24.8 Å². The predicted octanol–water partition coefficient (Wildman–Crippen LogP) is 5.77. The Kier molecular flexibility index (Phi) is 8.71. The molecule has 0 amide bonds. The van der Waals surface area contributed by atoms with E-state index in [1.165, 1.54) is 42.2 Å². The molecule has 12 heteroatoms. The second kappa shape index (κ2) is 11.2. The molecular weight excluding hydrogens is 561 g/mol. The van der Waals surface area contributed by atoms with Crippen LogP contribution in [0.2, 0.25) is 0 Å². The molecule has 1 heterocycles. The van der Waals surface area contributed by atoms with E-state index in [0.29, 0.717) is 22.4 Å². The molecule has 0 unspecified atom stereocenters. The van der Waals surface area contributed by atoms with Crippen LogP contribution in [0.5, 0.6) is 0 Å². The van der Waals surface area contributed by atoms with Crippen molar-refractivity contribution < 1.29 is 31.9 Å². The van der Waals surface area contributed by atoms with Gasteiger partial charge in [-0.3, -0.25) is 9.13 Å². The first-order valence-corrected chi connectivity index (χ1v) is 13.3. The van der Waals surface area contributed by atoms with Crippen molar-refractivity contribution >= 4 is 29.5 Å². The minimum absolute atomic E-state index is 0.00223. The Labute approximate surface area is 215 Å². The fourth-order valence-corrected chi connectivity index (χ4v) is 6.05. The van der Waals surface area contributed by atoms with Crippen LogP contribution in [-0.4, -0.2) is 35.4 Å². The number of aromatic nitrogens is 2. The minimum atomic E-state index is -4.77. The summed E-state index contributed by atoms with van der Waals surface area (Å²) in [7, 11) is -1.88. The number of alkyl halides is 2. The zero-order valence-electron chi connectivity index (χ0n) is 20.2. The van der Waals surface area contributed by atoms with Gasteiger partial charge >= 0.3 is 24.9 Å². The van der Waals surface area contributed by atoms with Gasteiger partial charge in [-0.2, -0.15) is 8.78 Å². The van der Waals surface area contributed by atoms with Crippen molar-refractivity contribution in [1.82, 2.24) is 9.13 Å². The second-order valence-corrected chi connectivity index (χ2v) is 10.7. The Morgan fingerprint density at radius 2 is 1.69 bits per heavy atom. The maximum atomic E-state index is 15.2. The quantitative estimate of drug-likeness (QED) is 0.221. The number of rotatable bonds is 10. The topological polar surface area (TPSA) is 88.8 Å². The normalized spacial score (nSPS) is 12.1. The lowest BCUT2D eigenvalue weighted by Gasteiger charge is -2.26. The van der Waals surface area contributed by atoms with Crippen molar-refractivity contribution in [2.24, 2.45) is 7.05 Å². The number of methoxy groups -OCH3 is 1. The Morgan fingerprint density at radius 3 is 2.22 bits per heavy atom. The highest BCUT2D eigenvalue weighted by molar-refractivity contribution is 9.10. The summed E-state index contributed by atoms with van der Waals surface area (Å²) in [5, 5.41) is 0. The van der Waals surface area contributed by atoms with Gasteiger partial charge in [0, 0.05) is 23.3 Å². The Bertz CT molecular complexity index is 1340. The molecule has 1 aromatic heterocycles. The van der Waals surface area contributed by atoms with E-state index in [1.807, 2.05) is 0 Å². The molecule has 0 aliphatic heterocycles. The predicted molar refractivity (Wildman–Crippen MR) is 134 cm³/mol. The number of esters is 1. The third-order valence-corrected chi connectivity index (χ3v) is 8.16. The molecule has 8 nitrogen and oxygen atoms in total. The van der Waals surface area contributed by atoms with E-state index in [9.17, 15) is 14.2 Å². The van der Waals surface area contributed by atoms with Gasteiger partial charge in [-0.1, -0.05) is 40.2 Å². The highest BCUT2D eigenvalue weighted by Crippen LogP contribution is 2.67. The summed E-state index contributed by atoms with van der Waals surface area (Å²) in [6, 6.07) is 10.6. The molecule has 0 atom stereocenters. The molecule has 36 heavy (non-hydrogen) atoms. The van der Waals surface area contributed by atoms with Crippen LogP contribution in [0.3, 0.4) is 0 Å². The number of hydrogen-bond donors (Lipinski definition) is 0. The fourth-order valence-electron chi connectivity index (χ4n) is 3.65. The minimum Gasteiger partial charge on any atom is -0.465 e.